The third-order valence-corrected chi connectivity index (χ3v) is 3.16. The lowest BCUT2D eigenvalue weighted by Gasteiger charge is -2.07. The van der Waals surface area contributed by atoms with E-state index in [9.17, 15) is 9.59 Å². The van der Waals surface area contributed by atoms with Crippen molar-refractivity contribution in [2.24, 2.45) is 0 Å². The second-order valence-corrected chi connectivity index (χ2v) is 5.10. The van der Waals surface area contributed by atoms with E-state index in [1.54, 1.807) is 24.3 Å². The summed E-state index contributed by atoms with van der Waals surface area (Å²) in [6, 6.07) is 9.91. The minimum atomic E-state index is -0.484. The van der Waals surface area contributed by atoms with Crippen molar-refractivity contribution in [1.82, 2.24) is 10.3 Å². The Labute approximate surface area is 133 Å². The van der Waals surface area contributed by atoms with E-state index in [1.807, 2.05) is 13.0 Å². The first-order valence-electron chi connectivity index (χ1n) is 6.59. The number of benzene rings is 1. The fraction of sp³-hybridized carbons (Fsp3) is 0.188. The number of hydrogen-bond donors (Lipinski definition) is 1. The number of aryl methyl sites for hydroxylation is 1. The highest BCUT2D eigenvalue weighted by Gasteiger charge is 2.10. The average molecular weight is 319 g/mol. The normalized spacial score (nSPS) is 10.1. The summed E-state index contributed by atoms with van der Waals surface area (Å²) in [6.07, 6.45) is 0. The molecule has 0 aliphatic heterocycles. The molecule has 22 heavy (non-hydrogen) atoms. The van der Waals surface area contributed by atoms with Gasteiger partial charge in [0.2, 0.25) is 0 Å². The maximum absolute atomic E-state index is 12.1. The predicted molar refractivity (Wildman–Crippen MR) is 82.9 cm³/mol. The Balaban J connectivity index is 2.07. The summed E-state index contributed by atoms with van der Waals surface area (Å²) in [5.74, 6) is -0.785. The SMILES string of the molecule is COC(=O)c1cccc(C(=O)NCc2cc(C)cc(Cl)n2)c1. The summed E-state index contributed by atoms with van der Waals surface area (Å²) in [5, 5.41) is 3.13. The summed E-state index contributed by atoms with van der Waals surface area (Å²) in [4.78, 5) is 27.7. The van der Waals surface area contributed by atoms with E-state index in [-0.39, 0.29) is 12.5 Å². The Hall–Kier alpha value is -2.40. The van der Waals surface area contributed by atoms with Gasteiger partial charge < -0.3 is 10.1 Å². The van der Waals surface area contributed by atoms with Gasteiger partial charge in [0.1, 0.15) is 5.15 Å². The zero-order chi connectivity index (χ0) is 16.1. The molecule has 2 rings (SSSR count). The third kappa shape index (κ3) is 4.05. The van der Waals surface area contributed by atoms with Crippen molar-refractivity contribution in [2.45, 2.75) is 13.5 Å². The molecule has 5 nitrogen and oxygen atoms in total. The van der Waals surface area contributed by atoms with Gasteiger partial charge in [-0.2, -0.15) is 0 Å². The van der Waals surface area contributed by atoms with Gasteiger partial charge in [-0.15, -0.1) is 0 Å². The summed E-state index contributed by atoms with van der Waals surface area (Å²) in [7, 11) is 1.29. The molecular formula is C16H15ClN2O3. The molecule has 6 heteroatoms. The lowest BCUT2D eigenvalue weighted by atomic mass is 10.1. The van der Waals surface area contributed by atoms with Crippen LogP contribution in [0.4, 0.5) is 0 Å². The van der Waals surface area contributed by atoms with Gasteiger partial charge in [-0.1, -0.05) is 17.7 Å². The van der Waals surface area contributed by atoms with Gasteiger partial charge in [0.15, 0.2) is 0 Å². The molecule has 0 radical (unpaired) electrons. The molecule has 1 aromatic heterocycles. The van der Waals surface area contributed by atoms with Crippen LogP contribution in [0, 0.1) is 6.92 Å². The molecule has 0 spiro atoms. The lowest BCUT2D eigenvalue weighted by molar-refractivity contribution is 0.0600. The Kier molecular flexibility index (Phi) is 5.12. The smallest absolute Gasteiger partial charge is 0.337 e. The highest BCUT2D eigenvalue weighted by Crippen LogP contribution is 2.10. The number of nitrogens with zero attached hydrogens (tertiary/aromatic N) is 1. The number of methoxy groups -OCH3 is 1. The Morgan fingerprint density at radius 1 is 1.23 bits per heavy atom. The molecule has 1 heterocycles. The van der Waals surface area contributed by atoms with Crippen LogP contribution >= 0.6 is 11.6 Å². The van der Waals surface area contributed by atoms with Gasteiger partial charge in [0.05, 0.1) is 24.9 Å². The molecule has 0 saturated carbocycles. The number of carbonyl (C=O) groups excluding carboxylic acids is 2. The molecule has 0 aliphatic rings. The first-order chi connectivity index (χ1) is 10.5. The highest BCUT2D eigenvalue weighted by molar-refractivity contribution is 6.29. The Bertz CT molecular complexity index is 696. The molecule has 0 saturated heterocycles. The number of pyridine rings is 1. The molecule has 0 bridgehead atoms. The molecule has 114 valence electrons. The minimum Gasteiger partial charge on any atom is -0.465 e. The maximum atomic E-state index is 12.1. The predicted octanol–water partition coefficient (Wildman–Crippen LogP) is 2.76. The summed E-state index contributed by atoms with van der Waals surface area (Å²) in [6.45, 7) is 2.15. The van der Waals surface area contributed by atoms with Gasteiger partial charge >= 0.3 is 5.97 Å². The topological polar surface area (TPSA) is 68.3 Å². The van der Waals surface area contributed by atoms with Crippen molar-refractivity contribution in [1.29, 1.82) is 0 Å². The molecule has 0 unspecified atom stereocenters. The molecule has 1 N–H and O–H groups in total. The van der Waals surface area contributed by atoms with Crippen molar-refractivity contribution in [2.75, 3.05) is 7.11 Å². The lowest BCUT2D eigenvalue weighted by Crippen LogP contribution is -2.23. The summed E-state index contributed by atoms with van der Waals surface area (Å²) < 4.78 is 4.63. The summed E-state index contributed by atoms with van der Waals surface area (Å²) in [5.41, 5.74) is 2.34. The van der Waals surface area contributed by atoms with Crippen LogP contribution in [0.2, 0.25) is 5.15 Å². The fourth-order valence-corrected chi connectivity index (χ4v) is 2.24. The van der Waals surface area contributed by atoms with E-state index in [4.69, 9.17) is 11.6 Å². The first-order valence-corrected chi connectivity index (χ1v) is 6.97. The van der Waals surface area contributed by atoms with Crippen molar-refractivity contribution < 1.29 is 14.3 Å². The number of nitrogens with one attached hydrogen (secondary N) is 1. The zero-order valence-corrected chi connectivity index (χ0v) is 13.0. The Morgan fingerprint density at radius 3 is 2.64 bits per heavy atom. The van der Waals surface area contributed by atoms with Crippen LogP contribution < -0.4 is 5.32 Å². The fourth-order valence-electron chi connectivity index (χ4n) is 1.96. The van der Waals surface area contributed by atoms with E-state index < -0.39 is 5.97 Å². The molecule has 0 atom stereocenters. The minimum absolute atomic E-state index is 0.253. The maximum Gasteiger partial charge on any atom is 0.337 e. The van der Waals surface area contributed by atoms with E-state index in [1.165, 1.54) is 13.2 Å². The van der Waals surface area contributed by atoms with Gasteiger partial charge in [0.25, 0.3) is 5.91 Å². The van der Waals surface area contributed by atoms with Crippen molar-refractivity contribution in [3.63, 3.8) is 0 Å². The number of amides is 1. The van der Waals surface area contributed by atoms with Crippen LogP contribution in [0.5, 0.6) is 0 Å². The van der Waals surface area contributed by atoms with Crippen LogP contribution in [0.15, 0.2) is 36.4 Å². The number of ether oxygens (including phenoxy) is 1. The second-order valence-electron chi connectivity index (χ2n) is 4.71. The molecule has 0 fully saturated rings. The molecular weight excluding hydrogens is 304 g/mol. The first kappa shape index (κ1) is 16.0. The van der Waals surface area contributed by atoms with Crippen LogP contribution in [-0.2, 0) is 11.3 Å². The van der Waals surface area contributed by atoms with Gasteiger partial charge in [-0.05, 0) is 42.8 Å². The molecule has 0 aliphatic carbocycles. The second kappa shape index (κ2) is 7.04. The highest BCUT2D eigenvalue weighted by atomic mass is 35.5. The van der Waals surface area contributed by atoms with Crippen LogP contribution in [0.1, 0.15) is 32.0 Å². The molecule has 2 aromatic rings. The van der Waals surface area contributed by atoms with Crippen molar-refractivity contribution in [3.05, 3.63) is 63.9 Å². The average Bonchev–Trinajstić information content (AvgIpc) is 2.51. The van der Waals surface area contributed by atoms with Gasteiger partial charge in [-0.3, -0.25) is 4.79 Å². The number of rotatable bonds is 4. The van der Waals surface area contributed by atoms with Gasteiger partial charge in [-0.25, -0.2) is 9.78 Å². The Morgan fingerprint density at radius 2 is 1.95 bits per heavy atom. The van der Waals surface area contributed by atoms with Crippen molar-refractivity contribution >= 4 is 23.5 Å². The third-order valence-electron chi connectivity index (χ3n) is 2.97. The van der Waals surface area contributed by atoms with Crippen LogP contribution in [-0.4, -0.2) is 24.0 Å². The molecule has 1 aromatic carbocycles. The van der Waals surface area contributed by atoms with Crippen LogP contribution in [0.3, 0.4) is 0 Å². The number of aromatic nitrogens is 1. The monoisotopic (exact) mass is 318 g/mol. The quantitative estimate of drug-likeness (QED) is 0.695. The summed E-state index contributed by atoms with van der Waals surface area (Å²) >= 11 is 5.88. The van der Waals surface area contributed by atoms with E-state index >= 15 is 0 Å². The number of carbonyl (C=O) groups is 2. The van der Waals surface area contributed by atoms with Gasteiger partial charge in [0, 0.05) is 5.56 Å². The van der Waals surface area contributed by atoms with Crippen LogP contribution in [0.25, 0.3) is 0 Å². The van der Waals surface area contributed by atoms with E-state index in [0.717, 1.165) is 5.56 Å². The zero-order valence-electron chi connectivity index (χ0n) is 12.2. The largest absolute Gasteiger partial charge is 0.465 e. The van der Waals surface area contributed by atoms with E-state index in [2.05, 4.69) is 15.0 Å². The number of hydrogen-bond acceptors (Lipinski definition) is 4. The van der Waals surface area contributed by atoms with E-state index in [0.29, 0.717) is 22.0 Å². The van der Waals surface area contributed by atoms with Crippen molar-refractivity contribution in [3.8, 4) is 0 Å². The number of halogens is 1. The molecule has 1 amide bonds. The number of esters is 1. The standard InChI is InChI=1S/C16H15ClN2O3/c1-10-6-13(19-14(17)7-10)9-18-15(20)11-4-3-5-12(8-11)16(21)22-2/h3-8H,9H2,1-2H3,(H,18,20).